The van der Waals surface area contributed by atoms with Crippen LogP contribution in [0.4, 0.5) is 0 Å². The molecule has 1 heterocycles. The van der Waals surface area contributed by atoms with Gasteiger partial charge in [-0.1, -0.05) is 6.92 Å². The summed E-state index contributed by atoms with van der Waals surface area (Å²) in [5, 5.41) is 3.15. The van der Waals surface area contributed by atoms with Crippen molar-refractivity contribution < 1.29 is 0 Å². The SMILES string of the molecule is CCCn1cncc1CN(C)CCNC. The van der Waals surface area contributed by atoms with Crippen LogP contribution in [0.1, 0.15) is 19.0 Å². The van der Waals surface area contributed by atoms with Gasteiger partial charge < -0.3 is 9.88 Å². The van der Waals surface area contributed by atoms with Crippen molar-refractivity contribution in [2.75, 3.05) is 27.2 Å². The first-order chi connectivity index (χ1) is 7.27. The molecule has 0 aliphatic rings. The molecule has 4 nitrogen and oxygen atoms in total. The van der Waals surface area contributed by atoms with E-state index in [-0.39, 0.29) is 0 Å². The fourth-order valence-electron chi connectivity index (χ4n) is 1.58. The van der Waals surface area contributed by atoms with Gasteiger partial charge >= 0.3 is 0 Å². The van der Waals surface area contributed by atoms with Crippen molar-refractivity contribution in [1.82, 2.24) is 19.8 Å². The number of likely N-dealkylation sites (N-methyl/N-ethyl adjacent to an activating group) is 2. The van der Waals surface area contributed by atoms with Gasteiger partial charge in [-0.05, 0) is 20.5 Å². The average molecular weight is 210 g/mol. The van der Waals surface area contributed by atoms with Crippen LogP contribution >= 0.6 is 0 Å². The second-order valence-electron chi connectivity index (χ2n) is 3.92. The molecule has 0 spiro atoms. The van der Waals surface area contributed by atoms with Gasteiger partial charge in [-0.25, -0.2) is 4.98 Å². The van der Waals surface area contributed by atoms with Crippen molar-refractivity contribution in [3.05, 3.63) is 18.2 Å². The van der Waals surface area contributed by atoms with Crippen molar-refractivity contribution in [2.24, 2.45) is 0 Å². The van der Waals surface area contributed by atoms with Crippen LogP contribution in [0.2, 0.25) is 0 Å². The summed E-state index contributed by atoms with van der Waals surface area (Å²) in [5.41, 5.74) is 1.30. The van der Waals surface area contributed by atoms with E-state index in [1.807, 2.05) is 19.6 Å². The second-order valence-corrected chi connectivity index (χ2v) is 3.92. The second kappa shape index (κ2) is 6.58. The molecule has 86 valence electrons. The Kier molecular flexibility index (Phi) is 5.36. The van der Waals surface area contributed by atoms with Gasteiger partial charge in [0, 0.05) is 32.4 Å². The molecule has 0 saturated heterocycles. The number of hydrogen-bond acceptors (Lipinski definition) is 3. The van der Waals surface area contributed by atoms with E-state index in [9.17, 15) is 0 Å². The molecule has 1 N–H and O–H groups in total. The van der Waals surface area contributed by atoms with E-state index in [0.29, 0.717) is 0 Å². The lowest BCUT2D eigenvalue weighted by atomic mass is 10.4. The largest absolute Gasteiger partial charge is 0.333 e. The Morgan fingerprint density at radius 2 is 2.33 bits per heavy atom. The monoisotopic (exact) mass is 210 g/mol. The smallest absolute Gasteiger partial charge is 0.0948 e. The van der Waals surface area contributed by atoms with Crippen molar-refractivity contribution in [3.63, 3.8) is 0 Å². The Bertz CT molecular complexity index is 269. The van der Waals surface area contributed by atoms with Gasteiger partial charge in [0.15, 0.2) is 0 Å². The minimum Gasteiger partial charge on any atom is -0.333 e. The minimum atomic E-state index is 0.974. The average Bonchev–Trinajstić information content (AvgIpc) is 2.63. The van der Waals surface area contributed by atoms with E-state index in [1.165, 1.54) is 5.69 Å². The topological polar surface area (TPSA) is 33.1 Å². The summed E-state index contributed by atoms with van der Waals surface area (Å²) >= 11 is 0. The molecular formula is C11H22N4. The summed E-state index contributed by atoms with van der Waals surface area (Å²) in [6.07, 6.45) is 5.04. The third kappa shape index (κ3) is 4.01. The molecule has 4 heteroatoms. The van der Waals surface area contributed by atoms with Gasteiger partial charge in [0.25, 0.3) is 0 Å². The van der Waals surface area contributed by atoms with Gasteiger partial charge in [-0.15, -0.1) is 0 Å². The number of hydrogen-bond donors (Lipinski definition) is 1. The van der Waals surface area contributed by atoms with Gasteiger partial charge in [-0.2, -0.15) is 0 Å². The van der Waals surface area contributed by atoms with Crippen LogP contribution < -0.4 is 5.32 Å². The summed E-state index contributed by atoms with van der Waals surface area (Å²) in [6.45, 7) is 6.32. The Balaban J connectivity index is 2.44. The van der Waals surface area contributed by atoms with Crippen LogP contribution in [-0.4, -0.2) is 41.6 Å². The van der Waals surface area contributed by atoms with E-state index in [2.05, 4.69) is 33.7 Å². The molecular weight excluding hydrogens is 188 g/mol. The minimum absolute atomic E-state index is 0.974. The number of aromatic nitrogens is 2. The summed E-state index contributed by atoms with van der Waals surface area (Å²) in [4.78, 5) is 6.50. The lowest BCUT2D eigenvalue weighted by Gasteiger charge is -2.17. The Labute approximate surface area is 92.3 Å². The van der Waals surface area contributed by atoms with E-state index in [4.69, 9.17) is 0 Å². The molecule has 0 radical (unpaired) electrons. The molecule has 0 aliphatic carbocycles. The van der Waals surface area contributed by atoms with Crippen LogP contribution in [0, 0.1) is 0 Å². The van der Waals surface area contributed by atoms with Crippen LogP contribution in [0.5, 0.6) is 0 Å². The Morgan fingerprint density at radius 1 is 1.53 bits per heavy atom. The van der Waals surface area contributed by atoms with Crippen LogP contribution in [0.3, 0.4) is 0 Å². The molecule has 0 bridgehead atoms. The zero-order chi connectivity index (χ0) is 11.1. The van der Waals surface area contributed by atoms with Crippen LogP contribution in [0.25, 0.3) is 0 Å². The Morgan fingerprint density at radius 3 is 3.00 bits per heavy atom. The van der Waals surface area contributed by atoms with Crippen molar-refractivity contribution in [2.45, 2.75) is 26.4 Å². The number of imidazole rings is 1. The Hall–Kier alpha value is -0.870. The van der Waals surface area contributed by atoms with Gasteiger partial charge in [-0.3, -0.25) is 4.90 Å². The molecule has 0 saturated carbocycles. The van der Waals surface area contributed by atoms with E-state index >= 15 is 0 Å². The first kappa shape index (κ1) is 12.2. The summed E-state index contributed by atoms with van der Waals surface area (Å²) < 4.78 is 2.23. The molecule has 0 atom stereocenters. The van der Waals surface area contributed by atoms with Crippen molar-refractivity contribution in [3.8, 4) is 0 Å². The first-order valence-electron chi connectivity index (χ1n) is 5.60. The molecule has 1 aromatic rings. The lowest BCUT2D eigenvalue weighted by Crippen LogP contribution is -2.27. The van der Waals surface area contributed by atoms with Crippen LogP contribution in [0.15, 0.2) is 12.5 Å². The van der Waals surface area contributed by atoms with Gasteiger partial charge in [0.1, 0.15) is 0 Å². The van der Waals surface area contributed by atoms with Crippen molar-refractivity contribution >= 4 is 0 Å². The third-order valence-corrected chi connectivity index (χ3v) is 2.44. The third-order valence-electron chi connectivity index (χ3n) is 2.44. The van der Waals surface area contributed by atoms with E-state index in [1.54, 1.807) is 0 Å². The highest BCUT2D eigenvalue weighted by atomic mass is 15.1. The number of nitrogens with zero attached hydrogens (tertiary/aromatic N) is 3. The highest BCUT2D eigenvalue weighted by Gasteiger charge is 2.04. The van der Waals surface area contributed by atoms with E-state index in [0.717, 1.165) is 32.6 Å². The molecule has 0 fully saturated rings. The summed E-state index contributed by atoms with van der Waals surface area (Å²) in [6, 6.07) is 0. The highest BCUT2D eigenvalue weighted by molar-refractivity contribution is 4.97. The maximum absolute atomic E-state index is 4.19. The fraction of sp³-hybridized carbons (Fsp3) is 0.727. The van der Waals surface area contributed by atoms with Gasteiger partial charge in [0.2, 0.25) is 0 Å². The molecule has 0 aliphatic heterocycles. The maximum Gasteiger partial charge on any atom is 0.0948 e. The van der Waals surface area contributed by atoms with Crippen LogP contribution in [-0.2, 0) is 13.1 Å². The zero-order valence-electron chi connectivity index (χ0n) is 10.0. The number of rotatable bonds is 7. The van der Waals surface area contributed by atoms with E-state index < -0.39 is 0 Å². The normalized spacial score (nSPS) is 11.2. The quantitative estimate of drug-likeness (QED) is 0.727. The summed E-state index contributed by atoms with van der Waals surface area (Å²) in [7, 11) is 4.12. The molecule has 1 rings (SSSR count). The predicted octanol–water partition coefficient (Wildman–Crippen LogP) is 0.944. The molecule has 0 aromatic carbocycles. The zero-order valence-corrected chi connectivity index (χ0v) is 10.0. The summed E-state index contributed by atoms with van der Waals surface area (Å²) in [5.74, 6) is 0. The maximum atomic E-state index is 4.19. The number of nitrogens with one attached hydrogen (secondary N) is 1. The highest BCUT2D eigenvalue weighted by Crippen LogP contribution is 2.03. The van der Waals surface area contributed by atoms with Gasteiger partial charge in [0.05, 0.1) is 12.0 Å². The first-order valence-corrected chi connectivity index (χ1v) is 5.60. The molecule has 15 heavy (non-hydrogen) atoms. The van der Waals surface area contributed by atoms with Crippen molar-refractivity contribution in [1.29, 1.82) is 0 Å². The molecule has 0 amide bonds. The number of aryl methyl sites for hydroxylation is 1. The fourth-order valence-corrected chi connectivity index (χ4v) is 1.58. The molecule has 1 aromatic heterocycles. The lowest BCUT2D eigenvalue weighted by molar-refractivity contribution is 0.318. The predicted molar refractivity (Wildman–Crippen MR) is 62.8 cm³/mol. The standard InChI is InChI=1S/C11H22N4/c1-4-6-15-10-13-8-11(15)9-14(3)7-5-12-2/h8,10,12H,4-7,9H2,1-3H3. The molecule has 0 unspecified atom stereocenters.